The fraction of sp³-hybridized carbons (Fsp3) is 0.364. The molecule has 0 saturated heterocycles. The molecule has 6 nitrogen and oxygen atoms in total. The van der Waals surface area contributed by atoms with Crippen molar-refractivity contribution < 1.29 is 9.53 Å². The standard InChI is InChI=1S/C22H28N4O2/c1-2-23-22(24-13-15-28-20-10-4-3-5-11-20)25-16-21(27)26-14-12-18-8-6-7-9-19(18)17-26/h3-11H,2,12-17H2,1H3,(H2,23,24,25). The van der Waals surface area contributed by atoms with Gasteiger partial charge in [0.25, 0.3) is 0 Å². The molecule has 2 N–H and O–H groups in total. The summed E-state index contributed by atoms with van der Waals surface area (Å²) in [5, 5.41) is 6.38. The van der Waals surface area contributed by atoms with Gasteiger partial charge in [0.05, 0.1) is 6.54 Å². The molecule has 2 aromatic carbocycles. The van der Waals surface area contributed by atoms with Crippen molar-refractivity contribution in [3.05, 3.63) is 65.7 Å². The zero-order chi connectivity index (χ0) is 19.6. The molecule has 6 heteroatoms. The molecule has 1 heterocycles. The zero-order valence-corrected chi connectivity index (χ0v) is 16.4. The molecule has 3 rings (SSSR count). The van der Waals surface area contributed by atoms with Crippen LogP contribution in [0.2, 0.25) is 0 Å². The first-order valence-electron chi connectivity index (χ1n) is 9.81. The number of amides is 1. The van der Waals surface area contributed by atoms with Crippen molar-refractivity contribution in [2.75, 3.05) is 32.8 Å². The molecule has 148 valence electrons. The molecular formula is C22H28N4O2. The summed E-state index contributed by atoms with van der Waals surface area (Å²) in [6, 6.07) is 18.0. The van der Waals surface area contributed by atoms with E-state index < -0.39 is 0 Å². The molecule has 1 aliphatic rings. The summed E-state index contributed by atoms with van der Waals surface area (Å²) in [4.78, 5) is 18.9. The Morgan fingerprint density at radius 3 is 2.61 bits per heavy atom. The van der Waals surface area contributed by atoms with Gasteiger partial charge in [0.15, 0.2) is 5.96 Å². The fourth-order valence-electron chi connectivity index (χ4n) is 3.15. The van der Waals surface area contributed by atoms with Crippen LogP contribution in [0.25, 0.3) is 0 Å². The van der Waals surface area contributed by atoms with E-state index in [0.717, 1.165) is 25.3 Å². The van der Waals surface area contributed by atoms with Crippen LogP contribution in [0.1, 0.15) is 18.1 Å². The summed E-state index contributed by atoms with van der Waals surface area (Å²) in [6.07, 6.45) is 0.904. The second-order valence-electron chi connectivity index (χ2n) is 6.62. The van der Waals surface area contributed by atoms with Gasteiger partial charge in [-0.1, -0.05) is 42.5 Å². The van der Waals surface area contributed by atoms with Crippen LogP contribution < -0.4 is 15.4 Å². The van der Waals surface area contributed by atoms with Gasteiger partial charge in [0.2, 0.25) is 5.91 Å². The van der Waals surface area contributed by atoms with E-state index in [-0.39, 0.29) is 12.5 Å². The lowest BCUT2D eigenvalue weighted by Crippen LogP contribution is -2.41. The van der Waals surface area contributed by atoms with E-state index in [0.29, 0.717) is 25.7 Å². The number of rotatable bonds is 7. The average Bonchev–Trinajstić information content (AvgIpc) is 2.75. The normalized spacial score (nSPS) is 13.6. The summed E-state index contributed by atoms with van der Waals surface area (Å²) in [5.74, 6) is 1.52. The molecule has 28 heavy (non-hydrogen) atoms. The van der Waals surface area contributed by atoms with E-state index in [1.165, 1.54) is 11.1 Å². The number of hydrogen-bond donors (Lipinski definition) is 2. The molecular weight excluding hydrogens is 352 g/mol. The highest BCUT2D eigenvalue weighted by molar-refractivity contribution is 5.85. The molecule has 0 saturated carbocycles. The monoisotopic (exact) mass is 380 g/mol. The smallest absolute Gasteiger partial charge is 0.244 e. The first-order valence-corrected chi connectivity index (χ1v) is 9.81. The molecule has 0 bridgehead atoms. The SMILES string of the molecule is CCNC(=NCC(=O)N1CCc2ccccc2C1)NCCOc1ccccc1. The molecule has 0 aromatic heterocycles. The third-order valence-corrected chi connectivity index (χ3v) is 4.61. The highest BCUT2D eigenvalue weighted by atomic mass is 16.5. The Balaban J connectivity index is 1.46. The number of para-hydroxylation sites is 1. The fourth-order valence-corrected chi connectivity index (χ4v) is 3.15. The van der Waals surface area contributed by atoms with Crippen molar-refractivity contribution in [2.24, 2.45) is 4.99 Å². The number of nitrogens with zero attached hydrogens (tertiary/aromatic N) is 2. The van der Waals surface area contributed by atoms with E-state index in [2.05, 4.69) is 33.8 Å². The molecule has 0 aliphatic carbocycles. The number of ether oxygens (including phenoxy) is 1. The molecule has 0 fully saturated rings. The maximum absolute atomic E-state index is 12.6. The first kappa shape index (κ1) is 19.7. The van der Waals surface area contributed by atoms with Crippen molar-refractivity contribution in [1.29, 1.82) is 0 Å². The van der Waals surface area contributed by atoms with Crippen molar-refractivity contribution in [2.45, 2.75) is 19.9 Å². The maximum atomic E-state index is 12.6. The Labute approximate surface area is 166 Å². The van der Waals surface area contributed by atoms with Gasteiger partial charge in [-0.2, -0.15) is 0 Å². The van der Waals surface area contributed by atoms with Gasteiger partial charge in [-0.15, -0.1) is 0 Å². The van der Waals surface area contributed by atoms with E-state index in [9.17, 15) is 4.79 Å². The maximum Gasteiger partial charge on any atom is 0.244 e. The van der Waals surface area contributed by atoms with Gasteiger partial charge < -0.3 is 20.3 Å². The Morgan fingerprint density at radius 1 is 1.07 bits per heavy atom. The number of aliphatic imine (C=N–C) groups is 1. The second-order valence-corrected chi connectivity index (χ2v) is 6.62. The van der Waals surface area contributed by atoms with Crippen LogP contribution >= 0.6 is 0 Å². The van der Waals surface area contributed by atoms with Crippen molar-refractivity contribution in [1.82, 2.24) is 15.5 Å². The molecule has 0 radical (unpaired) electrons. The minimum atomic E-state index is 0.0484. The minimum absolute atomic E-state index is 0.0484. The van der Waals surface area contributed by atoms with Crippen molar-refractivity contribution in [3.63, 3.8) is 0 Å². The van der Waals surface area contributed by atoms with Crippen LogP contribution in [0.5, 0.6) is 5.75 Å². The van der Waals surface area contributed by atoms with Gasteiger partial charge in [0, 0.05) is 19.6 Å². The third-order valence-electron chi connectivity index (χ3n) is 4.61. The lowest BCUT2D eigenvalue weighted by Gasteiger charge is -2.28. The number of hydrogen-bond acceptors (Lipinski definition) is 3. The predicted molar refractivity (Wildman–Crippen MR) is 111 cm³/mol. The van der Waals surface area contributed by atoms with E-state index in [1.807, 2.05) is 48.2 Å². The van der Waals surface area contributed by atoms with Gasteiger partial charge >= 0.3 is 0 Å². The molecule has 1 amide bonds. The highest BCUT2D eigenvalue weighted by Crippen LogP contribution is 2.18. The quantitative estimate of drug-likeness (QED) is 0.439. The summed E-state index contributed by atoms with van der Waals surface area (Å²) in [7, 11) is 0. The lowest BCUT2D eigenvalue weighted by molar-refractivity contribution is -0.130. The van der Waals surface area contributed by atoms with Crippen LogP contribution in [0.4, 0.5) is 0 Å². The average molecular weight is 380 g/mol. The summed E-state index contributed by atoms with van der Waals surface area (Å²) in [5.41, 5.74) is 2.57. The Hall–Kier alpha value is -3.02. The van der Waals surface area contributed by atoms with Crippen molar-refractivity contribution >= 4 is 11.9 Å². The molecule has 0 spiro atoms. The number of guanidine groups is 1. The number of carbonyl (C=O) groups is 1. The molecule has 1 aliphatic heterocycles. The van der Waals surface area contributed by atoms with Crippen molar-refractivity contribution in [3.8, 4) is 5.75 Å². The van der Waals surface area contributed by atoms with Gasteiger partial charge in [-0.25, -0.2) is 4.99 Å². The zero-order valence-electron chi connectivity index (χ0n) is 16.4. The Kier molecular flexibility index (Phi) is 7.29. The van der Waals surface area contributed by atoms with E-state index in [1.54, 1.807) is 0 Å². The Morgan fingerprint density at radius 2 is 1.82 bits per heavy atom. The number of fused-ring (bicyclic) bond motifs is 1. The lowest BCUT2D eigenvalue weighted by atomic mass is 10.00. The molecule has 0 unspecified atom stereocenters. The highest BCUT2D eigenvalue weighted by Gasteiger charge is 2.19. The van der Waals surface area contributed by atoms with E-state index >= 15 is 0 Å². The van der Waals surface area contributed by atoms with Crippen LogP contribution in [0.15, 0.2) is 59.6 Å². The first-order chi connectivity index (χ1) is 13.8. The van der Waals surface area contributed by atoms with Gasteiger partial charge in [-0.05, 0) is 36.6 Å². The third kappa shape index (κ3) is 5.74. The number of carbonyl (C=O) groups excluding carboxylic acids is 1. The summed E-state index contributed by atoms with van der Waals surface area (Å²) in [6.45, 7) is 5.41. The molecule has 2 aromatic rings. The van der Waals surface area contributed by atoms with Crippen LogP contribution in [-0.4, -0.2) is 49.6 Å². The minimum Gasteiger partial charge on any atom is -0.492 e. The molecule has 0 atom stereocenters. The number of nitrogens with one attached hydrogen (secondary N) is 2. The van der Waals surface area contributed by atoms with Crippen LogP contribution in [0.3, 0.4) is 0 Å². The number of benzene rings is 2. The predicted octanol–water partition coefficient (Wildman–Crippen LogP) is 2.21. The largest absolute Gasteiger partial charge is 0.492 e. The Bertz CT molecular complexity index is 792. The van der Waals surface area contributed by atoms with E-state index in [4.69, 9.17) is 4.74 Å². The van der Waals surface area contributed by atoms with Crippen LogP contribution in [0, 0.1) is 0 Å². The van der Waals surface area contributed by atoms with Crippen LogP contribution in [-0.2, 0) is 17.8 Å². The van der Waals surface area contributed by atoms with Gasteiger partial charge in [0.1, 0.15) is 18.9 Å². The summed E-state index contributed by atoms with van der Waals surface area (Å²) >= 11 is 0. The summed E-state index contributed by atoms with van der Waals surface area (Å²) < 4.78 is 5.67. The second kappa shape index (κ2) is 10.3. The topological polar surface area (TPSA) is 66.0 Å². The van der Waals surface area contributed by atoms with Gasteiger partial charge in [-0.3, -0.25) is 4.79 Å².